The van der Waals surface area contributed by atoms with E-state index in [0.29, 0.717) is 25.1 Å². The predicted octanol–water partition coefficient (Wildman–Crippen LogP) is 1.86. The van der Waals surface area contributed by atoms with E-state index in [2.05, 4.69) is 21.3 Å². The Morgan fingerprint density at radius 3 is 2.14 bits per heavy atom. The average molecular weight is 511 g/mol. The smallest absolute Gasteiger partial charge is 0.302 e. The number of carbonyl (C=O) groups excluding carboxylic acids is 5. The van der Waals surface area contributed by atoms with Gasteiger partial charge in [0.25, 0.3) is 0 Å². The first-order valence-corrected chi connectivity index (χ1v) is 12.0. The van der Waals surface area contributed by atoms with Gasteiger partial charge in [0.1, 0.15) is 24.6 Å². The fraction of sp³-hybridized carbons (Fsp3) is 0.542. The van der Waals surface area contributed by atoms with Crippen molar-refractivity contribution in [1.82, 2.24) is 16.0 Å². The van der Waals surface area contributed by atoms with Crippen LogP contribution in [0.3, 0.4) is 0 Å². The number of rotatable bonds is 14. The summed E-state index contributed by atoms with van der Waals surface area (Å²) in [5.41, 5.74) is 1.30. The first-order chi connectivity index (χ1) is 16.5. The number of esters is 1. The van der Waals surface area contributed by atoms with Crippen LogP contribution in [-0.4, -0.2) is 54.1 Å². The summed E-state index contributed by atoms with van der Waals surface area (Å²) in [5.74, 6) is -2.10. The molecule has 1 rings (SSSR count). The number of hydrogen-bond acceptors (Lipinski definition) is 6. The van der Waals surface area contributed by atoms with Crippen molar-refractivity contribution in [2.45, 2.75) is 65.6 Å². The Kier molecular flexibility index (Phi) is 13.4. The van der Waals surface area contributed by atoms with Crippen molar-refractivity contribution in [1.29, 1.82) is 0 Å². The molecule has 2 atom stereocenters. The third kappa shape index (κ3) is 12.2. The van der Waals surface area contributed by atoms with E-state index in [-0.39, 0.29) is 42.6 Å². The summed E-state index contributed by atoms with van der Waals surface area (Å²) < 4.78 is 4.92. The monoisotopic (exact) mass is 510 g/mol. The zero-order chi connectivity index (χ0) is 26.4. The number of ether oxygens (including phenoxy) is 1. The molecule has 0 aliphatic rings. The van der Waals surface area contributed by atoms with Gasteiger partial charge in [-0.15, -0.1) is 11.6 Å². The van der Waals surface area contributed by atoms with Crippen molar-refractivity contribution in [3.8, 4) is 0 Å². The number of anilines is 1. The van der Waals surface area contributed by atoms with Crippen LogP contribution in [-0.2, 0) is 35.3 Å². The summed E-state index contributed by atoms with van der Waals surface area (Å²) in [4.78, 5) is 59.5. The molecule has 0 fully saturated rings. The summed E-state index contributed by atoms with van der Waals surface area (Å²) in [5, 5.41) is 10.7. The Bertz CT molecular complexity index is 875. The van der Waals surface area contributed by atoms with Gasteiger partial charge in [0, 0.05) is 25.6 Å². The van der Waals surface area contributed by atoms with E-state index < -0.39 is 23.9 Å². The van der Waals surface area contributed by atoms with Gasteiger partial charge in [-0.3, -0.25) is 24.0 Å². The van der Waals surface area contributed by atoms with Gasteiger partial charge in [0.15, 0.2) is 0 Å². The average Bonchev–Trinajstić information content (AvgIpc) is 2.81. The zero-order valence-electron chi connectivity index (χ0n) is 20.6. The van der Waals surface area contributed by atoms with Gasteiger partial charge in [-0.1, -0.05) is 26.0 Å². The Balaban J connectivity index is 2.51. The van der Waals surface area contributed by atoms with E-state index in [4.69, 9.17) is 16.3 Å². The minimum Gasteiger partial charge on any atom is -0.461 e. The second-order valence-electron chi connectivity index (χ2n) is 8.43. The molecule has 0 aliphatic heterocycles. The molecule has 10 nitrogen and oxygen atoms in total. The van der Waals surface area contributed by atoms with Crippen LogP contribution in [0.4, 0.5) is 5.69 Å². The molecule has 1 unspecified atom stereocenters. The predicted molar refractivity (Wildman–Crippen MR) is 132 cm³/mol. The molecule has 0 spiro atoms. The van der Waals surface area contributed by atoms with Crippen molar-refractivity contribution < 1.29 is 28.7 Å². The third-order valence-corrected chi connectivity index (χ3v) is 5.20. The minimum absolute atomic E-state index is 0.105. The van der Waals surface area contributed by atoms with E-state index >= 15 is 0 Å². The summed E-state index contributed by atoms with van der Waals surface area (Å²) in [7, 11) is 0. The lowest BCUT2D eigenvalue weighted by Crippen LogP contribution is -2.53. The van der Waals surface area contributed by atoms with Gasteiger partial charge in [-0.05, 0) is 43.4 Å². The molecule has 0 saturated heterocycles. The molecule has 0 aliphatic carbocycles. The maximum atomic E-state index is 12.7. The molecular formula is C24H35ClN4O6. The normalized spacial score (nSPS) is 12.3. The standard InChI is InChI=1S/C24H35ClN4O6/c1-15(2)22(29-20(31)7-5-6-12-26-21(32)13-25)24(34)27-16(3)23(33)28-19-10-8-18(9-11-19)14-35-17(4)30/h8-11,15-16,22H,5-7,12-14H2,1-4H3,(H,26,32)(H,27,34)(H,28,33)(H,29,31)/t16-,22?/m1/s1. The first-order valence-electron chi connectivity index (χ1n) is 11.5. The van der Waals surface area contributed by atoms with Crippen molar-refractivity contribution in [2.75, 3.05) is 17.7 Å². The largest absolute Gasteiger partial charge is 0.461 e. The lowest BCUT2D eigenvalue weighted by atomic mass is 10.0. The Morgan fingerprint density at radius 1 is 0.914 bits per heavy atom. The van der Waals surface area contributed by atoms with Crippen LogP contribution < -0.4 is 21.3 Å². The molecular weight excluding hydrogens is 476 g/mol. The number of amides is 4. The van der Waals surface area contributed by atoms with Crippen LogP contribution >= 0.6 is 11.6 Å². The van der Waals surface area contributed by atoms with Crippen molar-refractivity contribution in [3.05, 3.63) is 29.8 Å². The molecule has 0 aromatic heterocycles. The van der Waals surface area contributed by atoms with E-state index in [1.165, 1.54) is 6.92 Å². The first kappa shape index (κ1) is 29.9. The van der Waals surface area contributed by atoms with Gasteiger partial charge in [-0.25, -0.2) is 0 Å². The molecule has 0 bridgehead atoms. The Hall–Kier alpha value is -3.14. The highest BCUT2D eigenvalue weighted by Crippen LogP contribution is 2.11. The summed E-state index contributed by atoms with van der Waals surface area (Å²) in [6, 6.07) is 5.14. The van der Waals surface area contributed by atoms with E-state index in [1.54, 1.807) is 45.0 Å². The number of halogens is 1. The molecule has 0 heterocycles. The maximum Gasteiger partial charge on any atom is 0.302 e. The second kappa shape index (κ2) is 15.7. The Labute approximate surface area is 210 Å². The fourth-order valence-electron chi connectivity index (χ4n) is 2.95. The van der Waals surface area contributed by atoms with Crippen LogP contribution in [0.2, 0.25) is 0 Å². The van der Waals surface area contributed by atoms with Crippen molar-refractivity contribution in [3.63, 3.8) is 0 Å². The molecule has 35 heavy (non-hydrogen) atoms. The Morgan fingerprint density at radius 2 is 1.57 bits per heavy atom. The van der Waals surface area contributed by atoms with Crippen LogP contribution in [0, 0.1) is 5.92 Å². The topological polar surface area (TPSA) is 143 Å². The quantitative estimate of drug-likeness (QED) is 0.171. The molecule has 0 radical (unpaired) electrons. The summed E-state index contributed by atoms with van der Waals surface area (Å²) in [6.07, 6.45) is 1.35. The fourth-order valence-corrected chi connectivity index (χ4v) is 3.05. The zero-order valence-corrected chi connectivity index (χ0v) is 21.4. The molecule has 4 N–H and O–H groups in total. The van der Waals surface area contributed by atoms with Gasteiger partial charge < -0.3 is 26.0 Å². The number of alkyl halides is 1. The molecule has 1 aromatic rings. The van der Waals surface area contributed by atoms with Gasteiger partial charge in [0.2, 0.25) is 23.6 Å². The van der Waals surface area contributed by atoms with Crippen LogP contribution in [0.1, 0.15) is 52.5 Å². The lowest BCUT2D eigenvalue weighted by Gasteiger charge is -2.24. The van der Waals surface area contributed by atoms with Gasteiger partial charge in [-0.2, -0.15) is 0 Å². The summed E-state index contributed by atoms with van der Waals surface area (Å²) in [6.45, 7) is 7.05. The number of unbranched alkanes of at least 4 members (excludes halogenated alkanes) is 1. The van der Waals surface area contributed by atoms with Gasteiger partial charge >= 0.3 is 5.97 Å². The molecule has 4 amide bonds. The minimum atomic E-state index is -0.841. The van der Waals surface area contributed by atoms with Gasteiger partial charge in [0.05, 0.1) is 0 Å². The van der Waals surface area contributed by atoms with Crippen LogP contribution in [0.15, 0.2) is 24.3 Å². The van der Waals surface area contributed by atoms with E-state index in [0.717, 1.165) is 5.56 Å². The number of nitrogens with one attached hydrogen (secondary N) is 4. The maximum absolute atomic E-state index is 12.7. The second-order valence-corrected chi connectivity index (χ2v) is 8.69. The molecule has 11 heteroatoms. The summed E-state index contributed by atoms with van der Waals surface area (Å²) >= 11 is 5.40. The molecule has 0 saturated carbocycles. The number of benzene rings is 1. The van der Waals surface area contributed by atoms with Crippen molar-refractivity contribution in [2.24, 2.45) is 5.92 Å². The SMILES string of the molecule is CC(=O)OCc1ccc(NC(=O)[C@@H](C)NC(=O)C(NC(=O)CCCCNC(=O)CCl)C(C)C)cc1. The van der Waals surface area contributed by atoms with Crippen LogP contribution in [0.5, 0.6) is 0 Å². The third-order valence-electron chi connectivity index (χ3n) is 4.96. The highest BCUT2D eigenvalue weighted by atomic mass is 35.5. The molecule has 194 valence electrons. The number of hydrogen-bond donors (Lipinski definition) is 4. The lowest BCUT2D eigenvalue weighted by molar-refractivity contribution is -0.142. The highest BCUT2D eigenvalue weighted by molar-refractivity contribution is 6.27. The number of carbonyl (C=O) groups is 5. The van der Waals surface area contributed by atoms with E-state index in [1.807, 2.05) is 0 Å². The van der Waals surface area contributed by atoms with E-state index in [9.17, 15) is 24.0 Å². The highest BCUT2D eigenvalue weighted by Gasteiger charge is 2.26. The molecule has 1 aromatic carbocycles. The van der Waals surface area contributed by atoms with Crippen LogP contribution in [0.25, 0.3) is 0 Å². The van der Waals surface area contributed by atoms with Crippen molar-refractivity contribution >= 4 is 46.9 Å².